The molecule has 2 amide bonds. The third-order valence-corrected chi connectivity index (χ3v) is 6.05. The molecule has 0 saturated carbocycles. The summed E-state index contributed by atoms with van der Waals surface area (Å²) < 4.78 is 5.82. The van der Waals surface area contributed by atoms with Crippen LogP contribution in [0.25, 0.3) is 11.0 Å². The van der Waals surface area contributed by atoms with E-state index in [1.54, 1.807) is 12.1 Å². The molecule has 0 spiro atoms. The lowest BCUT2D eigenvalue weighted by Gasteiger charge is -2.35. The highest BCUT2D eigenvalue weighted by Gasteiger charge is 2.28. The number of hydrogen-bond donors (Lipinski definition) is 0. The number of amides is 2. The molecule has 0 aliphatic carbocycles. The molecule has 2 aliphatic rings. The van der Waals surface area contributed by atoms with Gasteiger partial charge in [0, 0.05) is 55.2 Å². The number of aryl methyl sites for hydroxylation is 1. The number of piperazine rings is 1. The Morgan fingerprint density at radius 2 is 1.71 bits per heavy atom. The zero-order valence-corrected chi connectivity index (χ0v) is 17.0. The first kappa shape index (κ1) is 19.3. The Balaban J connectivity index is 1.36. The smallest absolute Gasteiger partial charge is 0.289 e. The van der Waals surface area contributed by atoms with Crippen molar-refractivity contribution in [2.24, 2.45) is 0 Å². The number of fused-ring (bicyclic) bond motifs is 1. The van der Waals surface area contributed by atoms with Crippen molar-refractivity contribution in [2.75, 3.05) is 45.8 Å². The van der Waals surface area contributed by atoms with Crippen LogP contribution >= 0.6 is 11.6 Å². The Bertz CT molecular complexity index is 880. The standard InChI is InChI=1S/C21H26ClN3O3/c1-15-17-13-16(22)5-6-18(17)28-20(15)21(27)25-11-9-23(10-12-25)14-19(26)24-7-3-2-4-8-24/h5-6,13H,2-4,7-12,14H2,1H3. The van der Waals surface area contributed by atoms with Crippen molar-refractivity contribution in [1.82, 2.24) is 14.7 Å². The van der Waals surface area contributed by atoms with Crippen molar-refractivity contribution in [1.29, 1.82) is 0 Å². The summed E-state index contributed by atoms with van der Waals surface area (Å²) in [5.74, 6) is 0.506. The maximum absolute atomic E-state index is 13.0. The molecule has 150 valence electrons. The molecule has 0 radical (unpaired) electrons. The highest BCUT2D eigenvalue weighted by atomic mass is 35.5. The van der Waals surface area contributed by atoms with E-state index in [0.717, 1.165) is 36.9 Å². The van der Waals surface area contributed by atoms with E-state index in [-0.39, 0.29) is 11.8 Å². The molecule has 2 fully saturated rings. The van der Waals surface area contributed by atoms with Crippen molar-refractivity contribution >= 4 is 34.4 Å². The van der Waals surface area contributed by atoms with Crippen molar-refractivity contribution in [3.05, 3.63) is 34.5 Å². The molecule has 6 nitrogen and oxygen atoms in total. The Labute approximate surface area is 170 Å². The lowest BCUT2D eigenvalue weighted by Crippen LogP contribution is -2.52. The van der Waals surface area contributed by atoms with E-state index in [4.69, 9.17) is 16.0 Å². The van der Waals surface area contributed by atoms with Crippen LogP contribution in [-0.4, -0.2) is 72.3 Å². The molecular weight excluding hydrogens is 378 g/mol. The number of likely N-dealkylation sites (tertiary alicyclic amines) is 1. The summed E-state index contributed by atoms with van der Waals surface area (Å²) in [5, 5.41) is 1.50. The first-order chi connectivity index (χ1) is 13.5. The van der Waals surface area contributed by atoms with Crippen LogP contribution in [-0.2, 0) is 4.79 Å². The lowest BCUT2D eigenvalue weighted by molar-refractivity contribution is -0.133. The number of halogens is 1. The van der Waals surface area contributed by atoms with Crippen LogP contribution in [0.4, 0.5) is 0 Å². The average Bonchev–Trinajstić information content (AvgIpc) is 3.04. The molecule has 4 rings (SSSR count). The molecule has 0 N–H and O–H groups in total. The molecule has 0 atom stereocenters. The maximum Gasteiger partial charge on any atom is 0.289 e. The minimum Gasteiger partial charge on any atom is -0.451 e. The highest BCUT2D eigenvalue weighted by molar-refractivity contribution is 6.31. The van der Waals surface area contributed by atoms with Gasteiger partial charge in [0.15, 0.2) is 5.76 Å². The van der Waals surface area contributed by atoms with E-state index in [0.29, 0.717) is 49.1 Å². The number of hydrogen-bond acceptors (Lipinski definition) is 4. The van der Waals surface area contributed by atoms with E-state index >= 15 is 0 Å². The number of furan rings is 1. The number of carbonyl (C=O) groups excluding carboxylic acids is 2. The minimum atomic E-state index is -0.0909. The van der Waals surface area contributed by atoms with Gasteiger partial charge in [-0.2, -0.15) is 0 Å². The van der Waals surface area contributed by atoms with Crippen molar-refractivity contribution in [3.63, 3.8) is 0 Å². The van der Waals surface area contributed by atoms with Crippen LogP contribution in [0, 0.1) is 6.92 Å². The summed E-state index contributed by atoms with van der Waals surface area (Å²) in [5.41, 5.74) is 1.50. The molecular formula is C21H26ClN3O3. The van der Waals surface area contributed by atoms with Crippen LogP contribution < -0.4 is 0 Å². The van der Waals surface area contributed by atoms with E-state index in [9.17, 15) is 9.59 Å². The van der Waals surface area contributed by atoms with Gasteiger partial charge in [0.1, 0.15) is 5.58 Å². The maximum atomic E-state index is 13.0. The molecule has 0 bridgehead atoms. The molecule has 7 heteroatoms. The number of rotatable bonds is 3. The lowest BCUT2D eigenvalue weighted by atomic mass is 10.1. The van der Waals surface area contributed by atoms with Gasteiger partial charge in [-0.3, -0.25) is 14.5 Å². The zero-order chi connectivity index (χ0) is 19.7. The second-order valence-corrected chi connectivity index (χ2v) is 8.14. The topological polar surface area (TPSA) is 57.0 Å². The third-order valence-electron chi connectivity index (χ3n) is 5.82. The van der Waals surface area contributed by atoms with Crippen LogP contribution in [0.15, 0.2) is 22.6 Å². The van der Waals surface area contributed by atoms with Crippen molar-refractivity contribution < 1.29 is 14.0 Å². The highest BCUT2D eigenvalue weighted by Crippen LogP contribution is 2.29. The second-order valence-electron chi connectivity index (χ2n) is 7.71. The first-order valence-electron chi connectivity index (χ1n) is 10.0. The number of nitrogens with zero attached hydrogens (tertiary/aromatic N) is 3. The first-order valence-corrected chi connectivity index (χ1v) is 10.4. The van der Waals surface area contributed by atoms with Gasteiger partial charge in [0.05, 0.1) is 6.54 Å². The van der Waals surface area contributed by atoms with Crippen LogP contribution in [0.2, 0.25) is 5.02 Å². The van der Waals surface area contributed by atoms with E-state index in [1.165, 1.54) is 6.42 Å². The summed E-state index contributed by atoms with van der Waals surface area (Å²) in [6, 6.07) is 5.39. The summed E-state index contributed by atoms with van der Waals surface area (Å²) in [6.07, 6.45) is 3.43. The SMILES string of the molecule is Cc1c(C(=O)N2CCN(CC(=O)N3CCCCC3)CC2)oc2ccc(Cl)cc12. The van der Waals surface area contributed by atoms with E-state index < -0.39 is 0 Å². The zero-order valence-electron chi connectivity index (χ0n) is 16.2. The Morgan fingerprint density at radius 3 is 2.43 bits per heavy atom. The van der Waals surface area contributed by atoms with Crippen LogP contribution in [0.1, 0.15) is 35.4 Å². The van der Waals surface area contributed by atoms with Gasteiger partial charge in [-0.15, -0.1) is 0 Å². The number of benzene rings is 1. The molecule has 3 heterocycles. The number of carbonyl (C=O) groups is 2. The molecule has 2 aromatic rings. The van der Waals surface area contributed by atoms with Gasteiger partial charge in [-0.1, -0.05) is 11.6 Å². The molecule has 1 aromatic heterocycles. The molecule has 2 saturated heterocycles. The van der Waals surface area contributed by atoms with Crippen LogP contribution in [0.5, 0.6) is 0 Å². The van der Waals surface area contributed by atoms with Gasteiger partial charge < -0.3 is 14.2 Å². The predicted molar refractivity (Wildman–Crippen MR) is 109 cm³/mol. The fraction of sp³-hybridized carbons (Fsp3) is 0.524. The largest absolute Gasteiger partial charge is 0.451 e. The molecule has 28 heavy (non-hydrogen) atoms. The molecule has 2 aliphatic heterocycles. The van der Waals surface area contributed by atoms with Gasteiger partial charge in [-0.25, -0.2) is 0 Å². The van der Waals surface area contributed by atoms with Gasteiger partial charge >= 0.3 is 0 Å². The fourth-order valence-corrected chi connectivity index (χ4v) is 4.26. The van der Waals surface area contributed by atoms with Gasteiger partial charge in [0.2, 0.25) is 5.91 Å². The van der Waals surface area contributed by atoms with Crippen molar-refractivity contribution in [2.45, 2.75) is 26.2 Å². The van der Waals surface area contributed by atoms with E-state index in [1.807, 2.05) is 22.8 Å². The van der Waals surface area contributed by atoms with Gasteiger partial charge in [0.25, 0.3) is 5.91 Å². The summed E-state index contributed by atoms with van der Waals surface area (Å²) in [6.45, 7) is 6.71. The summed E-state index contributed by atoms with van der Waals surface area (Å²) in [7, 11) is 0. The Kier molecular flexibility index (Phi) is 5.60. The normalized spacial score (nSPS) is 18.6. The second kappa shape index (κ2) is 8.13. The minimum absolute atomic E-state index is 0.0909. The Morgan fingerprint density at radius 1 is 1.00 bits per heavy atom. The Hall–Kier alpha value is -2.05. The molecule has 0 unspecified atom stereocenters. The average molecular weight is 404 g/mol. The monoisotopic (exact) mass is 403 g/mol. The molecule has 1 aromatic carbocycles. The van der Waals surface area contributed by atoms with Gasteiger partial charge in [-0.05, 0) is 44.4 Å². The quantitative estimate of drug-likeness (QED) is 0.789. The van der Waals surface area contributed by atoms with E-state index in [2.05, 4.69) is 4.90 Å². The van der Waals surface area contributed by atoms with Crippen LogP contribution in [0.3, 0.4) is 0 Å². The number of piperidine rings is 1. The fourth-order valence-electron chi connectivity index (χ4n) is 4.08. The summed E-state index contributed by atoms with van der Waals surface area (Å²) in [4.78, 5) is 31.3. The van der Waals surface area contributed by atoms with Crippen molar-refractivity contribution in [3.8, 4) is 0 Å². The third kappa shape index (κ3) is 3.89. The summed E-state index contributed by atoms with van der Waals surface area (Å²) >= 11 is 6.07. The predicted octanol–water partition coefficient (Wildman–Crippen LogP) is 3.16.